The van der Waals surface area contributed by atoms with Gasteiger partial charge in [0.25, 0.3) is 0 Å². The van der Waals surface area contributed by atoms with Crippen LogP contribution in [0.2, 0.25) is 0 Å². The van der Waals surface area contributed by atoms with Gasteiger partial charge in [0, 0.05) is 6.42 Å². The molecule has 118 valence electrons. The van der Waals surface area contributed by atoms with Crippen molar-refractivity contribution < 1.29 is 5.11 Å². The average Bonchev–Trinajstić information content (AvgIpc) is 3.13. The molecule has 0 amide bonds. The lowest BCUT2D eigenvalue weighted by molar-refractivity contribution is 0.208. The van der Waals surface area contributed by atoms with E-state index in [2.05, 4.69) is 33.8 Å². The normalized spacial score (nSPS) is 43.1. The van der Waals surface area contributed by atoms with Gasteiger partial charge in [-0.1, -0.05) is 32.4 Å². The molecule has 6 atom stereocenters. The molecule has 0 aromatic heterocycles. The molecule has 0 saturated heterocycles. The van der Waals surface area contributed by atoms with Crippen molar-refractivity contribution in [3.8, 4) is 0 Å². The summed E-state index contributed by atoms with van der Waals surface area (Å²) in [6, 6.07) is 0. The van der Waals surface area contributed by atoms with Crippen LogP contribution < -0.4 is 0 Å². The first-order chi connectivity index (χ1) is 10.0. The number of aliphatic hydroxyl groups excluding tert-OH is 1. The number of hydrogen-bond donors (Lipinski definition) is 1. The number of allylic oxidation sites excluding steroid dienone is 4. The van der Waals surface area contributed by atoms with Gasteiger partial charge < -0.3 is 5.11 Å². The highest BCUT2D eigenvalue weighted by Crippen LogP contribution is 2.63. The fraction of sp³-hybridized carbons (Fsp3) is 0.800. The predicted molar refractivity (Wildman–Crippen MR) is 89.1 cm³/mol. The van der Waals surface area contributed by atoms with Crippen LogP contribution in [0, 0.1) is 35.5 Å². The van der Waals surface area contributed by atoms with Gasteiger partial charge in [-0.25, -0.2) is 0 Å². The van der Waals surface area contributed by atoms with E-state index in [0.29, 0.717) is 11.7 Å². The zero-order valence-electron chi connectivity index (χ0n) is 14.2. The summed E-state index contributed by atoms with van der Waals surface area (Å²) >= 11 is 0. The zero-order valence-corrected chi connectivity index (χ0v) is 14.2. The van der Waals surface area contributed by atoms with Crippen molar-refractivity contribution in [3.05, 3.63) is 23.0 Å². The van der Waals surface area contributed by atoms with Crippen molar-refractivity contribution in [1.82, 2.24) is 0 Å². The molecule has 0 radical (unpaired) electrons. The molecular weight excluding hydrogens is 256 g/mol. The average molecular weight is 288 g/mol. The monoisotopic (exact) mass is 288 g/mol. The summed E-state index contributed by atoms with van der Waals surface area (Å²) in [6.07, 6.45) is 9.88. The van der Waals surface area contributed by atoms with Crippen LogP contribution in [0.1, 0.15) is 66.2 Å². The first-order valence-electron chi connectivity index (χ1n) is 9.14. The SMILES string of the molecule is CC/C(C)=C\C(=C(\O)CC)C1CC2CC1C1CC(C)CC21. The maximum Gasteiger partial charge on any atom is 0.0954 e. The highest BCUT2D eigenvalue weighted by atomic mass is 16.3. The molecule has 1 N–H and O–H groups in total. The van der Waals surface area contributed by atoms with Crippen LogP contribution >= 0.6 is 0 Å². The molecule has 3 rings (SSSR count). The lowest BCUT2D eigenvalue weighted by atomic mass is 9.72. The van der Waals surface area contributed by atoms with Gasteiger partial charge >= 0.3 is 0 Å². The zero-order chi connectivity index (χ0) is 15.1. The van der Waals surface area contributed by atoms with Gasteiger partial charge in [0.2, 0.25) is 0 Å². The maximum absolute atomic E-state index is 10.5. The van der Waals surface area contributed by atoms with Crippen LogP contribution in [0.25, 0.3) is 0 Å². The molecule has 3 aliphatic carbocycles. The number of hydrogen-bond acceptors (Lipinski definition) is 1. The van der Waals surface area contributed by atoms with Gasteiger partial charge in [-0.3, -0.25) is 0 Å². The number of fused-ring (bicyclic) bond motifs is 5. The number of rotatable bonds is 4. The molecule has 0 spiro atoms. The Labute approximate surface area is 130 Å². The van der Waals surface area contributed by atoms with Crippen molar-refractivity contribution in [2.75, 3.05) is 0 Å². The Hall–Kier alpha value is -0.720. The molecule has 2 bridgehead atoms. The minimum atomic E-state index is 0.642. The van der Waals surface area contributed by atoms with E-state index < -0.39 is 0 Å². The van der Waals surface area contributed by atoms with E-state index in [-0.39, 0.29) is 0 Å². The Morgan fingerprint density at radius 1 is 1.00 bits per heavy atom. The molecule has 0 heterocycles. The van der Waals surface area contributed by atoms with E-state index in [0.717, 1.165) is 42.4 Å². The molecule has 3 fully saturated rings. The predicted octanol–water partition coefficient (Wildman–Crippen LogP) is 5.88. The van der Waals surface area contributed by atoms with Crippen LogP contribution in [0.3, 0.4) is 0 Å². The fourth-order valence-electron chi connectivity index (χ4n) is 5.68. The lowest BCUT2D eigenvalue weighted by Gasteiger charge is -2.33. The molecule has 21 heavy (non-hydrogen) atoms. The van der Waals surface area contributed by atoms with Crippen LogP contribution in [0.15, 0.2) is 23.0 Å². The van der Waals surface area contributed by atoms with Crippen LogP contribution in [0.4, 0.5) is 0 Å². The van der Waals surface area contributed by atoms with Crippen molar-refractivity contribution in [3.63, 3.8) is 0 Å². The Morgan fingerprint density at radius 3 is 2.38 bits per heavy atom. The van der Waals surface area contributed by atoms with E-state index >= 15 is 0 Å². The van der Waals surface area contributed by atoms with Crippen molar-refractivity contribution in [2.24, 2.45) is 35.5 Å². The third-order valence-corrected chi connectivity index (χ3v) is 6.73. The van der Waals surface area contributed by atoms with Crippen molar-refractivity contribution in [1.29, 1.82) is 0 Å². The summed E-state index contributed by atoms with van der Waals surface area (Å²) in [4.78, 5) is 0. The Bertz CT molecular complexity index is 458. The second kappa shape index (κ2) is 5.82. The van der Waals surface area contributed by atoms with E-state index in [1.807, 2.05) is 0 Å². The van der Waals surface area contributed by atoms with Crippen LogP contribution in [-0.4, -0.2) is 5.11 Å². The van der Waals surface area contributed by atoms with Crippen molar-refractivity contribution in [2.45, 2.75) is 66.2 Å². The smallest absolute Gasteiger partial charge is 0.0954 e. The second-order valence-electron chi connectivity index (χ2n) is 8.01. The van der Waals surface area contributed by atoms with Crippen molar-refractivity contribution >= 4 is 0 Å². The van der Waals surface area contributed by atoms with Gasteiger partial charge in [-0.15, -0.1) is 0 Å². The lowest BCUT2D eigenvalue weighted by Crippen LogP contribution is -2.26. The Kier molecular flexibility index (Phi) is 4.21. The molecule has 3 aliphatic rings. The van der Waals surface area contributed by atoms with Crippen LogP contribution in [0.5, 0.6) is 0 Å². The minimum Gasteiger partial charge on any atom is -0.512 e. The first kappa shape index (κ1) is 15.2. The summed E-state index contributed by atoms with van der Waals surface area (Å²) in [7, 11) is 0. The van der Waals surface area contributed by atoms with Gasteiger partial charge in [0.1, 0.15) is 0 Å². The van der Waals surface area contributed by atoms with Crippen LogP contribution in [-0.2, 0) is 0 Å². The van der Waals surface area contributed by atoms with Gasteiger partial charge in [0.05, 0.1) is 5.76 Å². The number of aliphatic hydroxyl groups is 1. The molecule has 6 unspecified atom stereocenters. The third-order valence-electron chi connectivity index (χ3n) is 6.73. The standard InChI is InChI=1S/C20H32O/c1-5-12(3)7-19(20(21)6-2)18-11-14-10-17(18)16-9-13(4)8-15(14)16/h7,13-18,21H,5-6,8-11H2,1-4H3/b12-7-,20-19-. The largest absolute Gasteiger partial charge is 0.512 e. The van der Waals surface area contributed by atoms with E-state index in [9.17, 15) is 5.11 Å². The maximum atomic E-state index is 10.5. The minimum absolute atomic E-state index is 0.642. The summed E-state index contributed by atoms with van der Waals surface area (Å²) < 4.78 is 0. The molecule has 1 heteroatoms. The molecule has 0 aromatic carbocycles. The highest BCUT2D eigenvalue weighted by Gasteiger charge is 2.55. The summed E-state index contributed by atoms with van der Waals surface area (Å²) in [5, 5.41) is 10.5. The topological polar surface area (TPSA) is 20.2 Å². The summed E-state index contributed by atoms with van der Waals surface area (Å²) in [5.41, 5.74) is 2.70. The Morgan fingerprint density at radius 2 is 1.71 bits per heavy atom. The summed E-state index contributed by atoms with van der Waals surface area (Å²) in [6.45, 7) is 8.94. The molecule has 3 saturated carbocycles. The van der Waals surface area contributed by atoms with E-state index in [4.69, 9.17) is 0 Å². The quantitative estimate of drug-likeness (QED) is 0.505. The molecule has 0 aromatic rings. The fourth-order valence-corrected chi connectivity index (χ4v) is 5.68. The molecular formula is C20H32O. The Balaban J connectivity index is 1.86. The first-order valence-corrected chi connectivity index (χ1v) is 9.14. The van der Waals surface area contributed by atoms with E-state index in [1.54, 1.807) is 0 Å². The van der Waals surface area contributed by atoms with Gasteiger partial charge in [-0.2, -0.15) is 0 Å². The van der Waals surface area contributed by atoms with Gasteiger partial charge in [-0.05, 0) is 80.1 Å². The second-order valence-corrected chi connectivity index (χ2v) is 8.01. The molecule has 1 nitrogen and oxygen atoms in total. The summed E-state index contributed by atoms with van der Waals surface area (Å²) in [5.74, 6) is 6.01. The highest BCUT2D eigenvalue weighted by molar-refractivity contribution is 5.31. The third kappa shape index (κ3) is 2.58. The molecule has 0 aliphatic heterocycles. The van der Waals surface area contributed by atoms with Gasteiger partial charge in [0.15, 0.2) is 0 Å². The van der Waals surface area contributed by atoms with E-state index in [1.165, 1.54) is 36.8 Å².